The summed E-state index contributed by atoms with van der Waals surface area (Å²) in [7, 11) is 0. The molecule has 1 saturated heterocycles. The Morgan fingerprint density at radius 2 is 1.48 bits per heavy atom. The minimum absolute atomic E-state index is 0.0534. The molecule has 0 aromatic heterocycles. The Balaban J connectivity index is 1.51. The molecule has 4 heteroatoms. The van der Waals surface area contributed by atoms with Crippen LogP contribution in [0.2, 0.25) is 0 Å². The summed E-state index contributed by atoms with van der Waals surface area (Å²) < 4.78 is 16.8. The van der Waals surface area contributed by atoms with Crippen LogP contribution >= 0.6 is 0 Å². The van der Waals surface area contributed by atoms with Crippen molar-refractivity contribution in [2.24, 2.45) is 0 Å². The first-order valence-electron chi connectivity index (χ1n) is 11.0. The molecule has 0 amide bonds. The van der Waals surface area contributed by atoms with Crippen LogP contribution in [0.15, 0.2) is 48.5 Å². The van der Waals surface area contributed by atoms with Crippen LogP contribution in [0.3, 0.4) is 0 Å². The molecule has 1 heterocycles. The van der Waals surface area contributed by atoms with Gasteiger partial charge in [-0.2, -0.15) is 0 Å². The summed E-state index contributed by atoms with van der Waals surface area (Å²) >= 11 is 0. The Bertz CT molecular complexity index is 758. The lowest BCUT2D eigenvalue weighted by atomic mass is 9.65. The average Bonchev–Trinajstić information content (AvgIpc) is 3.62. The molecule has 2 fully saturated rings. The average molecular weight is 397 g/mol. The van der Waals surface area contributed by atoms with Gasteiger partial charge in [0.25, 0.3) is 0 Å². The first kappa shape index (κ1) is 20.2. The van der Waals surface area contributed by atoms with Gasteiger partial charge in [-0.25, -0.2) is 0 Å². The van der Waals surface area contributed by atoms with E-state index in [1.165, 1.54) is 30.4 Å². The quantitative estimate of drug-likeness (QED) is 0.615. The van der Waals surface area contributed by atoms with Crippen molar-refractivity contribution in [1.82, 2.24) is 0 Å². The zero-order chi connectivity index (χ0) is 20.1. The van der Waals surface area contributed by atoms with E-state index in [-0.39, 0.29) is 11.5 Å². The fourth-order valence-corrected chi connectivity index (χ4v) is 4.30. The standard InChI is InChI=1S/C25H32O4/c1-2-21(26)16-27-22-10-6-19(7-11-22)25(14-4-3-5-15-25)20-8-12-23(13-9-20)28-17-24-18-29-24/h6-13,21,24,26H,2-5,14-18H2,1H3. The second-order valence-corrected chi connectivity index (χ2v) is 8.33. The number of hydrogen-bond donors (Lipinski definition) is 1. The number of benzene rings is 2. The van der Waals surface area contributed by atoms with E-state index in [0.29, 0.717) is 19.6 Å². The summed E-state index contributed by atoms with van der Waals surface area (Å²) in [4.78, 5) is 0. The predicted molar refractivity (Wildman–Crippen MR) is 114 cm³/mol. The topological polar surface area (TPSA) is 51.2 Å². The molecule has 1 aliphatic heterocycles. The van der Waals surface area contributed by atoms with Crippen LogP contribution in [0.25, 0.3) is 0 Å². The lowest BCUT2D eigenvalue weighted by molar-refractivity contribution is 0.104. The summed E-state index contributed by atoms with van der Waals surface area (Å²) in [5.41, 5.74) is 2.76. The molecule has 156 valence electrons. The first-order valence-corrected chi connectivity index (χ1v) is 11.0. The minimum Gasteiger partial charge on any atom is -0.491 e. The molecular weight excluding hydrogens is 364 g/mol. The van der Waals surface area contributed by atoms with E-state index in [9.17, 15) is 5.11 Å². The van der Waals surface area contributed by atoms with Gasteiger partial charge in [0.1, 0.15) is 30.8 Å². The monoisotopic (exact) mass is 396 g/mol. The van der Waals surface area contributed by atoms with Crippen LogP contribution in [0.5, 0.6) is 11.5 Å². The van der Waals surface area contributed by atoms with Gasteiger partial charge in [-0.3, -0.25) is 0 Å². The molecular formula is C25H32O4. The third-order valence-corrected chi connectivity index (χ3v) is 6.27. The molecule has 2 aromatic rings. The van der Waals surface area contributed by atoms with E-state index in [1.807, 2.05) is 19.1 Å². The van der Waals surface area contributed by atoms with Crippen LogP contribution in [0.1, 0.15) is 56.6 Å². The highest BCUT2D eigenvalue weighted by atomic mass is 16.6. The van der Waals surface area contributed by atoms with E-state index in [2.05, 4.69) is 36.4 Å². The molecule has 2 aromatic carbocycles. The van der Waals surface area contributed by atoms with Crippen LogP contribution < -0.4 is 9.47 Å². The summed E-state index contributed by atoms with van der Waals surface area (Å²) in [5, 5.41) is 9.72. The zero-order valence-electron chi connectivity index (χ0n) is 17.3. The number of epoxide rings is 1. The van der Waals surface area contributed by atoms with Crippen molar-refractivity contribution in [2.45, 2.75) is 63.1 Å². The lowest BCUT2D eigenvalue weighted by Crippen LogP contribution is -2.30. The SMILES string of the molecule is CCC(O)COc1ccc(C2(c3ccc(OCC4CO4)cc3)CCCCC2)cc1. The molecule has 0 spiro atoms. The molecule has 0 radical (unpaired) electrons. The largest absolute Gasteiger partial charge is 0.491 e. The van der Waals surface area contributed by atoms with Crippen molar-refractivity contribution >= 4 is 0 Å². The highest BCUT2D eigenvalue weighted by Crippen LogP contribution is 2.45. The van der Waals surface area contributed by atoms with Gasteiger partial charge >= 0.3 is 0 Å². The van der Waals surface area contributed by atoms with Crippen molar-refractivity contribution in [2.75, 3.05) is 19.8 Å². The molecule has 4 rings (SSSR count). The van der Waals surface area contributed by atoms with Crippen LogP contribution in [0.4, 0.5) is 0 Å². The van der Waals surface area contributed by atoms with Crippen LogP contribution in [-0.2, 0) is 10.2 Å². The van der Waals surface area contributed by atoms with E-state index in [0.717, 1.165) is 30.9 Å². The van der Waals surface area contributed by atoms with Crippen molar-refractivity contribution in [3.05, 3.63) is 59.7 Å². The molecule has 2 aliphatic rings. The van der Waals surface area contributed by atoms with Gasteiger partial charge in [0, 0.05) is 5.41 Å². The van der Waals surface area contributed by atoms with Gasteiger partial charge in [-0.1, -0.05) is 50.5 Å². The highest BCUT2D eigenvalue weighted by molar-refractivity contribution is 5.43. The zero-order valence-corrected chi connectivity index (χ0v) is 17.3. The lowest BCUT2D eigenvalue weighted by Gasteiger charge is -2.38. The number of ether oxygens (including phenoxy) is 3. The molecule has 0 bridgehead atoms. The molecule has 29 heavy (non-hydrogen) atoms. The van der Waals surface area contributed by atoms with Crippen molar-refractivity contribution in [3.8, 4) is 11.5 Å². The first-order chi connectivity index (χ1) is 14.2. The normalized spacial score (nSPS) is 21.4. The van der Waals surface area contributed by atoms with Crippen molar-refractivity contribution in [1.29, 1.82) is 0 Å². The second kappa shape index (κ2) is 9.19. The van der Waals surface area contributed by atoms with E-state index in [1.54, 1.807) is 0 Å². The van der Waals surface area contributed by atoms with Crippen molar-refractivity contribution in [3.63, 3.8) is 0 Å². The number of hydrogen-bond acceptors (Lipinski definition) is 4. The molecule has 1 saturated carbocycles. The maximum absolute atomic E-state index is 9.72. The summed E-state index contributed by atoms with van der Waals surface area (Å²) in [5.74, 6) is 1.73. The highest BCUT2D eigenvalue weighted by Gasteiger charge is 2.35. The predicted octanol–water partition coefficient (Wildman–Crippen LogP) is 4.86. The molecule has 2 unspecified atom stereocenters. The Hall–Kier alpha value is -2.04. The molecule has 4 nitrogen and oxygen atoms in total. The summed E-state index contributed by atoms with van der Waals surface area (Å²) in [6.45, 7) is 3.76. The Morgan fingerprint density at radius 1 is 0.931 bits per heavy atom. The van der Waals surface area contributed by atoms with Crippen LogP contribution in [0, 0.1) is 0 Å². The third-order valence-electron chi connectivity index (χ3n) is 6.27. The van der Waals surface area contributed by atoms with E-state index in [4.69, 9.17) is 14.2 Å². The number of rotatable bonds is 9. The van der Waals surface area contributed by atoms with Gasteiger partial charge in [0.05, 0.1) is 12.7 Å². The van der Waals surface area contributed by atoms with Gasteiger partial charge in [0.2, 0.25) is 0 Å². The maximum atomic E-state index is 9.72. The number of aliphatic hydroxyl groups is 1. The van der Waals surface area contributed by atoms with E-state index >= 15 is 0 Å². The minimum atomic E-state index is -0.411. The smallest absolute Gasteiger partial charge is 0.119 e. The Morgan fingerprint density at radius 3 is 2.00 bits per heavy atom. The molecule has 2 atom stereocenters. The second-order valence-electron chi connectivity index (χ2n) is 8.33. The fourth-order valence-electron chi connectivity index (χ4n) is 4.30. The third kappa shape index (κ3) is 4.93. The Labute approximate surface area is 173 Å². The van der Waals surface area contributed by atoms with Gasteiger partial charge in [-0.05, 0) is 54.7 Å². The van der Waals surface area contributed by atoms with Gasteiger partial charge in [0.15, 0.2) is 0 Å². The molecule has 1 aliphatic carbocycles. The van der Waals surface area contributed by atoms with Gasteiger partial charge < -0.3 is 19.3 Å². The number of aliphatic hydroxyl groups excluding tert-OH is 1. The summed E-state index contributed by atoms with van der Waals surface area (Å²) in [6.07, 6.45) is 6.70. The fraction of sp³-hybridized carbons (Fsp3) is 0.520. The van der Waals surface area contributed by atoms with Crippen LogP contribution in [-0.4, -0.2) is 37.1 Å². The van der Waals surface area contributed by atoms with Crippen molar-refractivity contribution < 1.29 is 19.3 Å². The van der Waals surface area contributed by atoms with Gasteiger partial charge in [-0.15, -0.1) is 0 Å². The molecule has 1 N–H and O–H groups in total. The van der Waals surface area contributed by atoms with E-state index < -0.39 is 6.10 Å². The maximum Gasteiger partial charge on any atom is 0.119 e. The Kier molecular flexibility index (Phi) is 6.41. The summed E-state index contributed by atoms with van der Waals surface area (Å²) in [6, 6.07) is 17.1.